The maximum Gasteiger partial charge on any atom is 0.115 e. The molecule has 0 unspecified atom stereocenters. The second-order valence-corrected chi connectivity index (χ2v) is 4.48. The van der Waals surface area contributed by atoms with Crippen molar-refractivity contribution in [3.63, 3.8) is 0 Å². The Morgan fingerprint density at radius 3 is 2.69 bits per heavy atom. The van der Waals surface area contributed by atoms with Crippen LogP contribution >= 0.6 is 15.9 Å². The van der Waals surface area contributed by atoms with E-state index in [4.69, 9.17) is 0 Å². The molecule has 0 saturated carbocycles. The van der Waals surface area contributed by atoms with Crippen molar-refractivity contribution in [1.82, 2.24) is 9.97 Å². The summed E-state index contributed by atoms with van der Waals surface area (Å²) in [7, 11) is 0. The number of hydrogen-bond donors (Lipinski definition) is 1. The number of rotatable bonds is 3. The summed E-state index contributed by atoms with van der Waals surface area (Å²) >= 11 is 3.44. The summed E-state index contributed by atoms with van der Waals surface area (Å²) in [6.45, 7) is 2.82. The van der Waals surface area contributed by atoms with Gasteiger partial charge in [-0.2, -0.15) is 0 Å². The van der Waals surface area contributed by atoms with Gasteiger partial charge in [0.2, 0.25) is 0 Å². The van der Waals surface area contributed by atoms with E-state index in [1.54, 1.807) is 0 Å². The second kappa shape index (κ2) is 5.07. The molecule has 1 heterocycles. The highest BCUT2D eigenvalue weighted by molar-refractivity contribution is 9.10. The molecule has 2 rings (SSSR count). The fraction of sp³-hybridized carbons (Fsp3) is 0.167. The maximum atomic E-state index is 3.97. The summed E-state index contributed by atoms with van der Waals surface area (Å²) in [5, 5.41) is 3.36. The van der Waals surface area contributed by atoms with Crippen molar-refractivity contribution in [2.45, 2.75) is 13.5 Å². The molecular formula is C12H12BrN3. The number of hydrogen-bond acceptors (Lipinski definition) is 3. The SMILES string of the molecule is Cc1cc(Br)ccc1NCc1cncnc1. The zero-order valence-electron chi connectivity index (χ0n) is 8.94. The first kappa shape index (κ1) is 11.1. The Bertz CT molecular complexity index is 471. The van der Waals surface area contributed by atoms with Crippen LogP contribution in [0.2, 0.25) is 0 Å². The number of anilines is 1. The van der Waals surface area contributed by atoms with Crippen LogP contribution in [-0.4, -0.2) is 9.97 Å². The van der Waals surface area contributed by atoms with E-state index in [1.807, 2.05) is 18.5 Å². The Morgan fingerprint density at radius 1 is 1.25 bits per heavy atom. The van der Waals surface area contributed by atoms with E-state index in [-0.39, 0.29) is 0 Å². The molecule has 3 nitrogen and oxygen atoms in total. The zero-order valence-corrected chi connectivity index (χ0v) is 10.5. The average molecular weight is 278 g/mol. The van der Waals surface area contributed by atoms with Gasteiger partial charge in [-0.05, 0) is 30.7 Å². The molecule has 0 atom stereocenters. The van der Waals surface area contributed by atoms with Gasteiger partial charge in [0.25, 0.3) is 0 Å². The molecule has 0 bridgehead atoms. The molecule has 0 saturated heterocycles. The Hall–Kier alpha value is -1.42. The summed E-state index contributed by atoms with van der Waals surface area (Å²) in [5.74, 6) is 0. The lowest BCUT2D eigenvalue weighted by atomic mass is 10.2. The van der Waals surface area contributed by atoms with Gasteiger partial charge in [-0.15, -0.1) is 0 Å². The number of benzene rings is 1. The Labute approximate surface area is 103 Å². The van der Waals surface area contributed by atoms with Crippen molar-refractivity contribution >= 4 is 21.6 Å². The topological polar surface area (TPSA) is 37.8 Å². The molecule has 0 aliphatic rings. The van der Waals surface area contributed by atoms with Gasteiger partial charge < -0.3 is 5.32 Å². The van der Waals surface area contributed by atoms with E-state index in [1.165, 1.54) is 11.9 Å². The summed E-state index contributed by atoms with van der Waals surface area (Å²) in [6.07, 6.45) is 5.16. The third-order valence-corrected chi connectivity index (χ3v) is 2.78. The highest BCUT2D eigenvalue weighted by atomic mass is 79.9. The van der Waals surface area contributed by atoms with E-state index in [2.05, 4.69) is 50.3 Å². The number of nitrogens with one attached hydrogen (secondary N) is 1. The van der Waals surface area contributed by atoms with Gasteiger partial charge in [0.1, 0.15) is 6.33 Å². The van der Waals surface area contributed by atoms with E-state index in [9.17, 15) is 0 Å². The van der Waals surface area contributed by atoms with E-state index < -0.39 is 0 Å². The molecule has 1 aromatic carbocycles. The first-order chi connectivity index (χ1) is 7.75. The molecule has 16 heavy (non-hydrogen) atoms. The molecule has 0 spiro atoms. The summed E-state index contributed by atoms with van der Waals surface area (Å²) in [4.78, 5) is 7.95. The maximum absolute atomic E-state index is 3.97. The highest BCUT2D eigenvalue weighted by Crippen LogP contribution is 2.20. The van der Waals surface area contributed by atoms with Crippen molar-refractivity contribution in [2.24, 2.45) is 0 Å². The minimum atomic E-state index is 0.739. The van der Waals surface area contributed by atoms with Gasteiger partial charge in [-0.25, -0.2) is 9.97 Å². The summed E-state index contributed by atoms with van der Waals surface area (Å²) in [5.41, 5.74) is 3.42. The van der Waals surface area contributed by atoms with Crippen molar-refractivity contribution < 1.29 is 0 Å². The Morgan fingerprint density at radius 2 is 2.00 bits per heavy atom. The van der Waals surface area contributed by atoms with Crippen LogP contribution in [0.25, 0.3) is 0 Å². The van der Waals surface area contributed by atoms with Crippen molar-refractivity contribution in [3.8, 4) is 0 Å². The molecule has 0 radical (unpaired) electrons. The van der Waals surface area contributed by atoms with Crippen LogP contribution in [0.1, 0.15) is 11.1 Å². The normalized spacial score (nSPS) is 10.1. The third kappa shape index (κ3) is 2.79. The smallest absolute Gasteiger partial charge is 0.115 e. The minimum Gasteiger partial charge on any atom is -0.381 e. The zero-order chi connectivity index (χ0) is 11.4. The van der Waals surface area contributed by atoms with Crippen LogP contribution in [0, 0.1) is 6.92 Å². The van der Waals surface area contributed by atoms with Crippen LogP contribution in [-0.2, 0) is 6.54 Å². The average Bonchev–Trinajstić information content (AvgIpc) is 2.29. The number of aromatic nitrogens is 2. The highest BCUT2D eigenvalue weighted by Gasteiger charge is 1.98. The lowest BCUT2D eigenvalue weighted by molar-refractivity contribution is 1.05. The second-order valence-electron chi connectivity index (χ2n) is 3.56. The predicted molar refractivity (Wildman–Crippen MR) is 68.2 cm³/mol. The number of aryl methyl sites for hydroxylation is 1. The quantitative estimate of drug-likeness (QED) is 0.937. The minimum absolute atomic E-state index is 0.739. The van der Waals surface area contributed by atoms with Gasteiger partial charge >= 0.3 is 0 Å². The van der Waals surface area contributed by atoms with Crippen LogP contribution in [0.5, 0.6) is 0 Å². The molecule has 2 aromatic rings. The van der Waals surface area contributed by atoms with Gasteiger partial charge in [-0.1, -0.05) is 15.9 Å². The molecule has 0 aliphatic carbocycles. The molecule has 82 valence electrons. The molecule has 4 heteroatoms. The Kier molecular flexibility index (Phi) is 3.51. The van der Waals surface area contributed by atoms with Crippen molar-refractivity contribution in [3.05, 3.63) is 52.5 Å². The standard InChI is InChI=1S/C12H12BrN3/c1-9-4-11(13)2-3-12(9)16-7-10-5-14-8-15-6-10/h2-6,8,16H,7H2,1H3. The van der Waals surface area contributed by atoms with Crippen LogP contribution in [0.4, 0.5) is 5.69 Å². The van der Waals surface area contributed by atoms with E-state index >= 15 is 0 Å². The van der Waals surface area contributed by atoms with Crippen LogP contribution < -0.4 is 5.32 Å². The number of nitrogens with zero attached hydrogens (tertiary/aromatic N) is 2. The van der Waals surface area contributed by atoms with Gasteiger partial charge in [0, 0.05) is 34.7 Å². The lowest BCUT2D eigenvalue weighted by Crippen LogP contribution is -2.01. The van der Waals surface area contributed by atoms with Gasteiger partial charge in [0.05, 0.1) is 0 Å². The molecule has 1 N–H and O–H groups in total. The van der Waals surface area contributed by atoms with Gasteiger partial charge in [-0.3, -0.25) is 0 Å². The lowest BCUT2D eigenvalue weighted by Gasteiger charge is -2.09. The molecular weight excluding hydrogens is 266 g/mol. The predicted octanol–water partition coefficient (Wildman–Crippen LogP) is 3.16. The fourth-order valence-electron chi connectivity index (χ4n) is 1.44. The van der Waals surface area contributed by atoms with E-state index in [0.29, 0.717) is 0 Å². The molecule has 1 aromatic heterocycles. The first-order valence-corrected chi connectivity index (χ1v) is 5.79. The van der Waals surface area contributed by atoms with Crippen molar-refractivity contribution in [1.29, 1.82) is 0 Å². The van der Waals surface area contributed by atoms with E-state index in [0.717, 1.165) is 22.3 Å². The Balaban J connectivity index is 2.05. The molecule has 0 amide bonds. The molecule has 0 fully saturated rings. The fourth-order valence-corrected chi connectivity index (χ4v) is 1.92. The molecule has 0 aliphatic heterocycles. The van der Waals surface area contributed by atoms with Crippen LogP contribution in [0.15, 0.2) is 41.4 Å². The monoisotopic (exact) mass is 277 g/mol. The first-order valence-electron chi connectivity index (χ1n) is 4.99. The van der Waals surface area contributed by atoms with Crippen LogP contribution in [0.3, 0.4) is 0 Å². The third-order valence-electron chi connectivity index (χ3n) is 2.29. The van der Waals surface area contributed by atoms with Gasteiger partial charge in [0.15, 0.2) is 0 Å². The summed E-state index contributed by atoms with van der Waals surface area (Å²) in [6, 6.07) is 6.17. The largest absolute Gasteiger partial charge is 0.381 e. The number of halogens is 1. The summed E-state index contributed by atoms with van der Waals surface area (Å²) < 4.78 is 1.10. The van der Waals surface area contributed by atoms with Crippen molar-refractivity contribution in [2.75, 3.05) is 5.32 Å².